The van der Waals surface area contributed by atoms with Gasteiger partial charge in [0.1, 0.15) is 0 Å². The van der Waals surface area contributed by atoms with Gasteiger partial charge in [-0.25, -0.2) is 4.68 Å². The first-order valence-electron chi connectivity index (χ1n) is 7.87. The minimum Gasteiger partial charge on any atom is -0.467 e. The van der Waals surface area contributed by atoms with Gasteiger partial charge in [0.05, 0.1) is 13.2 Å². The van der Waals surface area contributed by atoms with Crippen LogP contribution in [-0.4, -0.2) is 59.0 Å². The van der Waals surface area contributed by atoms with Crippen molar-refractivity contribution >= 4 is 5.91 Å². The van der Waals surface area contributed by atoms with Crippen LogP contribution in [0.2, 0.25) is 0 Å². The third kappa shape index (κ3) is 2.47. The van der Waals surface area contributed by atoms with Gasteiger partial charge in [0, 0.05) is 32.7 Å². The molecule has 1 saturated heterocycles. The summed E-state index contributed by atoms with van der Waals surface area (Å²) in [5.74, 6) is 0.100. The predicted molar refractivity (Wildman–Crippen MR) is 79.8 cm³/mol. The maximum Gasteiger partial charge on any atom is 0.314 e. The fourth-order valence-electron chi connectivity index (χ4n) is 4.05. The van der Waals surface area contributed by atoms with Gasteiger partial charge in [-0.1, -0.05) is 6.42 Å². The van der Waals surface area contributed by atoms with Crippen LogP contribution in [0.4, 0.5) is 0 Å². The highest BCUT2D eigenvalue weighted by Gasteiger charge is 2.47. The molecule has 1 aliphatic heterocycles. The number of hydrogen-bond donors (Lipinski definition) is 0. The maximum atomic E-state index is 12.7. The Morgan fingerprint density at radius 2 is 2.09 bits per heavy atom. The van der Waals surface area contributed by atoms with Gasteiger partial charge in [0.25, 0.3) is 5.91 Å². The molecule has 2 atom stereocenters. The Hall–Kier alpha value is -1.63. The molecule has 3 rings (SSSR count). The van der Waals surface area contributed by atoms with Crippen LogP contribution >= 0.6 is 0 Å². The molecule has 0 bridgehead atoms. The van der Waals surface area contributed by atoms with Crippen LogP contribution in [0.1, 0.15) is 42.7 Å². The summed E-state index contributed by atoms with van der Waals surface area (Å²) in [5.41, 5.74) is 0.113. The van der Waals surface area contributed by atoms with Crippen molar-refractivity contribution in [3.8, 4) is 6.01 Å². The molecule has 1 aromatic heterocycles. The van der Waals surface area contributed by atoms with Crippen LogP contribution in [0.25, 0.3) is 0 Å². The monoisotopic (exact) mass is 308 g/mol. The second-order valence-corrected chi connectivity index (χ2v) is 6.35. The molecule has 122 valence electrons. The highest BCUT2D eigenvalue weighted by molar-refractivity contribution is 5.90. The van der Waals surface area contributed by atoms with E-state index in [2.05, 4.69) is 10.1 Å². The summed E-state index contributed by atoms with van der Waals surface area (Å²) in [6.07, 6.45) is 5.80. The van der Waals surface area contributed by atoms with Gasteiger partial charge < -0.3 is 14.4 Å². The van der Waals surface area contributed by atoms with Crippen molar-refractivity contribution in [2.45, 2.75) is 38.2 Å². The second-order valence-electron chi connectivity index (χ2n) is 6.35. The van der Waals surface area contributed by atoms with Gasteiger partial charge in [0.15, 0.2) is 0 Å². The lowest BCUT2D eigenvalue weighted by atomic mass is 9.76. The molecular formula is C15H24N4O3. The Morgan fingerprint density at radius 3 is 2.77 bits per heavy atom. The Bertz CT molecular complexity index is 559. The lowest BCUT2D eigenvalue weighted by molar-refractivity contribution is -0.0297. The van der Waals surface area contributed by atoms with E-state index < -0.39 is 0 Å². The van der Waals surface area contributed by atoms with Gasteiger partial charge in [-0.05, 0) is 25.7 Å². The van der Waals surface area contributed by atoms with Crippen LogP contribution in [0, 0.1) is 5.41 Å². The van der Waals surface area contributed by atoms with Crippen molar-refractivity contribution in [1.29, 1.82) is 0 Å². The summed E-state index contributed by atoms with van der Waals surface area (Å²) < 4.78 is 12.3. The summed E-state index contributed by atoms with van der Waals surface area (Å²) >= 11 is 0. The maximum absolute atomic E-state index is 12.7. The first kappa shape index (κ1) is 15.3. The van der Waals surface area contributed by atoms with E-state index in [1.807, 2.05) is 4.90 Å². The van der Waals surface area contributed by atoms with Crippen molar-refractivity contribution in [3.05, 3.63) is 5.82 Å². The van der Waals surface area contributed by atoms with E-state index in [9.17, 15) is 4.79 Å². The lowest BCUT2D eigenvalue weighted by Crippen LogP contribution is -2.50. The third-order valence-electron chi connectivity index (χ3n) is 5.10. The minimum atomic E-state index is -0.111. The van der Waals surface area contributed by atoms with E-state index in [0.29, 0.717) is 6.01 Å². The molecule has 7 heteroatoms. The molecule has 0 radical (unpaired) electrons. The topological polar surface area (TPSA) is 69.5 Å². The average molecular weight is 308 g/mol. The molecule has 2 aliphatic rings. The zero-order chi connectivity index (χ0) is 15.7. The second kappa shape index (κ2) is 5.87. The normalized spacial score (nSPS) is 28.3. The van der Waals surface area contributed by atoms with E-state index in [1.54, 1.807) is 14.2 Å². The van der Waals surface area contributed by atoms with Crippen molar-refractivity contribution < 1.29 is 14.3 Å². The molecule has 2 fully saturated rings. The highest BCUT2D eigenvalue weighted by Crippen LogP contribution is 2.46. The van der Waals surface area contributed by atoms with E-state index in [4.69, 9.17) is 9.47 Å². The Balaban J connectivity index is 1.78. The standard InChI is InChI=1S/C15H24N4O3/c1-18-14(22-3)16-12(17-18)13(20)19-9-5-8-15(10-19)7-4-6-11(15)21-2/h11H,4-10H2,1-3H3/t11-,15+/m1/s1. The largest absolute Gasteiger partial charge is 0.467 e. The van der Waals surface area contributed by atoms with Crippen LogP contribution < -0.4 is 4.74 Å². The number of nitrogens with zero attached hydrogens (tertiary/aromatic N) is 4. The number of carbonyl (C=O) groups is 1. The van der Waals surface area contributed by atoms with Crippen LogP contribution in [0.3, 0.4) is 0 Å². The number of carbonyl (C=O) groups excluding carboxylic acids is 1. The van der Waals surface area contributed by atoms with Crippen LogP contribution in [-0.2, 0) is 11.8 Å². The number of hydrogen-bond acceptors (Lipinski definition) is 5. The lowest BCUT2D eigenvalue weighted by Gasteiger charge is -2.43. The van der Waals surface area contributed by atoms with Crippen molar-refractivity contribution in [3.63, 3.8) is 0 Å². The molecule has 0 unspecified atom stereocenters. The van der Waals surface area contributed by atoms with Gasteiger partial charge in [-0.3, -0.25) is 4.79 Å². The number of likely N-dealkylation sites (tertiary alicyclic amines) is 1. The molecule has 1 saturated carbocycles. The van der Waals surface area contributed by atoms with Crippen molar-refractivity contribution in [2.24, 2.45) is 12.5 Å². The quantitative estimate of drug-likeness (QED) is 0.840. The number of aryl methyl sites for hydroxylation is 1. The van der Waals surface area contributed by atoms with Crippen LogP contribution in [0.15, 0.2) is 0 Å². The van der Waals surface area contributed by atoms with E-state index in [0.717, 1.165) is 38.8 Å². The Kier molecular flexibility index (Phi) is 4.08. The van der Waals surface area contributed by atoms with Gasteiger partial charge in [-0.15, -0.1) is 5.10 Å². The summed E-state index contributed by atoms with van der Waals surface area (Å²) in [4.78, 5) is 18.8. The molecule has 22 heavy (non-hydrogen) atoms. The van der Waals surface area contributed by atoms with Crippen molar-refractivity contribution in [2.75, 3.05) is 27.3 Å². The average Bonchev–Trinajstić information content (AvgIpc) is 3.09. The summed E-state index contributed by atoms with van der Waals surface area (Å²) in [6, 6.07) is 0.353. The van der Waals surface area contributed by atoms with E-state index >= 15 is 0 Å². The predicted octanol–water partition coefficient (Wildman–Crippen LogP) is 1.24. The molecule has 1 aromatic rings. The number of rotatable bonds is 3. The summed E-state index contributed by atoms with van der Waals surface area (Å²) in [5, 5.41) is 4.17. The molecule has 7 nitrogen and oxygen atoms in total. The number of amides is 1. The van der Waals surface area contributed by atoms with Gasteiger partial charge >= 0.3 is 6.01 Å². The van der Waals surface area contributed by atoms with E-state index in [-0.39, 0.29) is 23.3 Å². The Labute approximate surface area is 130 Å². The van der Waals surface area contributed by atoms with Crippen molar-refractivity contribution in [1.82, 2.24) is 19.7 Å². The zero-order valence-electron chi connectivity index (χ0n) is 13.5. The SMILES string of the molecule is COc1nc(C(=O)N2CCC[C@@]3(CCC[C@H]3OC)C2)nn1C. The molecule has 1 aliphatic carbocycles. The summed E-state index contributed by atoms with van der Waals surface area (Å²) in [6.45, 7) is 1.50. The number of ether oxygens (including phenoxy) is 2. The molecule has 2 heterocycles. The molecule has 1 amide bonds. The fourth-order valence-corrected chi connectivity index (χ4v) is 4.05. The molecule has 0 aromatic carbocycles. The smallest absolute Gasteiger partial charge is 0.314 e. The van der Waals surface area contributed by atoms with E-state index in [1.165, 1.54) is 18.2 Å². The van der Waals surface area contributed by atoms with Gasteiger partial charge in [0.2, 0.25) is 5.82 Å². The zero-order valence-corrected chi connectivity index (χ0v) is 13.5. The number of aromatic nitrogens is 3. The summed E-state index contributed by atoms with van der Waals surface area (Å²) in [7, 11) is 5.03. The third-order valence-corrected chi connectivity index (χ3v) is 5.10. The highest BCUT2D eigenvalue weighted by atomic mass is 16.5. The van der Waals surface area contributed by atoms with Crippen LogP contribution in [0.5, 0.6) is 6.01 Å². The number of methoxy groups -OCH3 is 2. The first-order valence-corrected chi connectivity index (χ1v) is 7.87. The molecule has 0 N–H and O–H groups in total. The van der Waals surface area contributed by atoms with Gasteiger partial charge in [-0.2, -0.15) is 4.98 Å². The molecular weight excluding hydrogens is 284 g/mol. The first-order chi connectivity index (χ1) is 10.6. The minimum absolute atomic E-state index is 0.111. The number of piperidine rings is 1. The Morgan fingerprint density at radius 1 is 1.32 bits per heavy atom. The fraction of sp³-hybridized carbons (Fsp3) is 0.800. The molecule has 1 spiro atoms.